The Labute approximate surface area is 176 Å². The lowest BCUT2D eigenvalue weighted by Gasteiger charge is -2.06. The smallest absolute Gasteiger partial charge is 0.277 e. The molecule has 9 nitrogen and oxygen atoms in total. The maximum atomic E-state index is 12.7. The summed E-state index contributed by atoms with van der Waals surface area (Å²) in [6.07, 6.45) is 4.37. The van der Waals surface area contributed by atoms with Crippen LogP contribution in [0.15, 0.2) is 46.9 Å². The molecule has 4 aromatic rings. The normalized spacial score (nSPS) is 12.1. The van der Waals surface area contributed by atoms with Gasteiger partial charge in [0.05, 0.1) is 23.5 Å². The Kier molecular flexibility index (Phi) is 5.00. The minimum absolute atomic E-state index is 0.224. The Bertz CT molecular complexity index is 1430. The van der Waals surface area contributed by atoms with Crippen LogP contribution in [0.4, 0.5) is 5.69 Å². The number of hydrogen-bond acceptors (Lipinski definition) is 7. The molecule has 0 atom stereocenters. The number of anilines is 1. The molecule has 30 heavy (non-hydrogen) atoms. The van der Waals surface area contributed by atoms with Crippen molar-refractivity contribution >= 4 is 38.8 Å². The molecule has 3 heterocycles. The highest BCUT2D eigenvalue weighted by Crippen LogP contribution is 2.24. The second kappa shape index (κ2) is 7.50. The van der Waals surface area contributed by atoms with Gasteiger partial charge < -0.3 is 0 Å². The molecule has 3 aromatic heterocycles. The largest absolute Gasteiger partial charge is 0.279 e. The number of aromatic nitrogens is 5. The number of fused-ring (bicyclic) bond motifs is 1. The number of nitrogens with zero attached hydrogens (tertiary/aromatic N) is 5. The molecular formula is C19H18N6O3S2. The SMILES string of the molecule is Cc1ccc(/C=C/S(=O)(=O)Nc2cnc3c(-c4nnc(C)s4)c(=O)n(C)n3c2)cc1. The fourth-order valence-electron chi connectivity index (χ4n) is 2.86. The lowest BCUT2D eigenvalue weighted by atomic mass is 10.2. The summed E-state index contributed by atoms with van der Waals surface area (Å²) in [6, 6.07) is 7.48. The quantitative estimate of drug-likeness (QED) is 0.509. The van der Waals surface area contributed by atoms with E-state index in [0.717, 1.165) is 21.5 Å². The number of sulfonamides is 1. The van der Waals surface area contributed by atoms with Gasteiger partial charge in [0.1, 0.15) is 10.6 Å². The highest BCUT2D eigenvalue weighted by Gasteiger charge is 2.20. The number of hydrogen-bond donors (Lipinski definition) is 1. The lowest BCUT2D eigenvalue weighted by molar-refractivity contribution is 0.609. The van der Waals surface area contributed by atoms with Crippen LogP contribution in [0.25, 0.3) is 22.3 Å². The maximum Gasteiger partial charge on any atom is 0.279 e. The minimum atomic E-state index is -3.77. The Morgan fingerprint density at radius 3 is 2.53 bits per heavy atom. The molecule has 11 heteroatoms. The molecule has 0 aliphatic heterocycles. The summed E-state index contributed by atoms with van der Waals surface area (Å²) in [5, 5.41) is 10.3. The molecule has 0 radical (unpaired) electrons. The maximum absolute atomic E-state index is 12.7. The zero-order valence-corrected chi connectivity index (χ0v) is 18.0. The first-order valence-corrected chi connectivity index (χ1v) is 11.3. The van der Waals surface area contributed by atoms with Gasteiger partial charge in [0.2, 0.25) is 0 Å². The van der Waals surface area contributed by atoms with E-state index in [1.807, 2.05) is 31.2 Å². The Hall–Kier alpha value is -3.31. The average molecular weight is 443 g/mol. The van der Waals surface area contributed by atoms with E-state index >= 15 is 0 Å². The van der Waals surface area contributed by atoms with Gasteiger partial charge in [-0.15, -0.1) is 10.2 Å². The monoisotopic (exact) mass is 442 g/mol. The standard InChI is InChI=1S/C19H18N6O3S2/c1-12-4-6-14(7-5-12)8-9-30(27,28)23-15-10-20-17-16(18-22-21-13(2)29-18)19(26)24(3)25(17)11-15/h4-11,23H,1-3H3/b9-8+. The summed E-state index contributed by atoms with van der Waals surface area (Å²) in [6.45, 7) is 3.76. The van der Waals surface area contributed by atoms with Crippen molar-refractivity contribution in [3.8, 4) is 10.6 Å². The van der Waals surface area contributed by atoms with Crippen molar-refractivity contribution in [1.29, 1.82) is 0 Å². The highest BCUT2D eigenvalue weighted by atomic mass is 32.2. The van der Waals surface area contributed by atoms with E-state index in [4.69, 9.17) is 0 Å². The van der Waals surface area contributed by atoms with Gasteiger partial charge in [-0.1, -0.05) is 41.2 Å². The Balaban J connectivity index is 1.66. The van der Waals surface area contributed by atoms with E-state index in [0.29, 0.717) is 16.2 Å². The second-order valence-electron chi connectivity index (χ2n) is 6.70. The van der Waals surface area contributed by atoms with E-state index < -0.39 is 10.0 Å². The van der Waals surface area contributed by atoms with Crippen molar-refractivity contribution < 1.29 is 8.42 Å². The number of nitrogens with one attached hydrogen (secondary N) is 1. The zero-order chi connectivity index (χ0) is 21.5. The van der Waals surface area contributed by atoms with Crippen LogP contribution in [0.1, 0.15) is 16.1 Å². The van der Waals surface area contributed by atoms with Gasteiger partial charge in [0.25, 0.3) is 15.6 Å². The first kappa shape index (κ1) is 20.0. The molecular weight excluding hydrogens is 424 g/mol. The van der Waals surface area contributed by atoms with E-state index in [9.17, 15) is 13.2 Å². The second-order valence-corrected chi connectivity index (χ2v) is 9.45. The third-order valence-electron chi connectivity index (χ3n) is 4.38. The lowest BCUT2D eigenvalue weighted by Crippen LogP contribution is -2.16. The van der Waals surface area contributed by atoms with Crippen molar-refractivity contribution in [3.63, 3.8) is 0 Å². The van der Waals surface area contributed by atoms with Crippen molar-refractivity contribution in [2.45, 2.75) is 13.8 Å². The predicted molar refractivity (Wildman–Crippen MR) is 117 cm³/mol. The molecule has 0 fully saturated rings. The van der Waals surface area contributed by atoms with Gasteiger partial charge in [-0.25, -0.2) is 22.6 Å². The van der Waals surface area contributed by atoms with Crippen LogP contribution in [-0.4, -0.2) is 32.8 Å². The third kappa shape index (κ3) is 3.89. The van der Waals surface area contributed by atoms with Crippen LogP contribution < -0.4 is 10.3 Å². The van der Waals surface area contributed by atoms with Crippen molar-refractivity contribution in [2.24, 2.45) is 7.05 Å². The average Bonchev–Trinajstić information content (AvgIpc) is 3.23. The summed E-state index contributed by atoms with van der Waals surface area (Å²) in [4.78, 5) is 17.0. The topological polar surface area (TPSA) is 111 Å². The van der Waals surface area contributed by atoms with E-state index in [1.165, 1.54) is 39.0 Å². The number of aryl methyl sites for hydroxylation is 3. The van der Waals surface area contributed by atoms with E-state index in [2.05, 4.69) is 19.9 Å². The summed E-state index contributed by atoms with van der Waals surface area (Å²) >= 11 is 1.29. The van der Waals surface area contributed by atoms with Crippen LogP contribution in [0.3, 0.4) is 0 Å². The van der Waals surface area contributed by atoms with Crippen LogP contribution in [0, 0.1) is 13.8 Å². The van der Waals surface area contributed by atoms with Crippen LogP contribution in [-0.2, 0) is 17.1 Å². The van der Waals surface area contributed by atoms with Crippen molar-refractivity contribution in [1.82, 2.24) is 24.4 Å². The molecule has 0 spiro atoms. The van der Waals surface area contributed by atoms with Crippen LogP contribution in [0.2, 0.25) is 0 Å². The number of rotatable bonds is 5. The molecule has 154 valence electrons. The Morgan fingerprint density at radius 2 is 1.87 bits per heavy atom. The fourth-order valence-corrected chi connectivity index (χ4v) is 4.42. The third-order valence-corrected chi connectivity index (χ3v) is 6.25. The number of benzene rings is 1. The molecule has 0 unspecified atom stereocenters. The molecule has 0 aliphatic carbocycles. The van der Waals surface area contributed by atoms with Gasteiger partial charge >= 0.3 is 0 Å². The molecule has 1 aromatic carbocycles. The molecule has 0 bridgehead atoms. The summed E-state index contributed by atoms with van der Waals surface area (Å²) in [7, 11) is -2.19. The summed E-state index contributed by atoms with van der Waals surface area (Å²) in [5.41, 5.74) is 2.49. The first-order valence-electron chi connectivity index (χ1n) is 8.89. The van der Waals surface area contributed by atoms with Gasteiger partial charge in [-0.3, -0.25) is 9.52 Å². The van der Waals surface area contributed by atoms with E-state index in [1.54, 1.807) is 14.0 Å². The molecule has 4 rings (SSSR count). The van der Waals surface area contributed by atoms with Crippen molar-refractivity contribution in [2.75, 3.05) is 4.72 Å². The van der Waals surface area contributed by atoms with Gasteiger partial charge in [0, 0.05) is 7.05 Å². The van der Waals surface area contributed by atoms with Gasteiger partial charge in [-0.05, 0) is 25.5 Å². The summed E-state index contributed by atoms with van der Waals surface area (Å²) in [5.74, 6) is 0. The minimum Gasteiger partial charge on any atom is -0.277 e. The molecule has 0 aliphatic rings. The zero-order valence-electron chi connectivity index (χ0n) is 16.4. The molecule has 0 saturated carbocycles. The molecule has 0 amide bonds. The van der Waals surface area contributed by atoms with Gasteiger partial charge in [-0.2, -0.15) is 0 Å². The van der Waals surface area contributed by atoms with Crippen molar-refractivity contribution in [3.05, 3.63) is 68.6 Å². The highest BCUT2D eigenvalue weighted by molar-refractivity contribution is 7.95. The predicted octanol–water partition coefficient (Wildman–Crippen LogP) is 2.58. The van der Waals surface area contributed by atoms with Crippen LogP contribution in [0.5, 0.6) is 0 Å². The first-order chi connectivity index (χ1) is 14.2. The van der Waals surface area contributed by atoms with E-state index in [-0.39, 0.29) is 11.2 Å². The molecule has 0 saturated heterocycles. The molecule has 1 N–H and O–H groups in total. The fraction of sp³-hybridized carbons (Fsp3) is 0.158. The van der Waals surface area contributed by atoms with Crippen LogP contribution >= 0.6 is 11.3 Å². The summed E-state index contributed by atoms with van der Waals surface area (Å²) < 4.78 is 30.2. The van der Waals surface area contributed by atoms with Gasteiger partial charge in [0.15, 0.2) is 10.7 Å². The Morgan fingerprint density at radius 1 is 1.13 bits per heavy atom.